The van der Waals surface area contributed by atoms with Crippen LogP contribution in [0.4, 0.5) is 0 Å². The second-order valence-electron chi connectivity index (χ2n) is 11.0. The van der Waals surface area contributed by atoms with Gasteiger partial charge in [0, 0.05) is 17.0 Å². The van der Waals surface area contributed by atoms with Crippen LogP contribution in [0.3, 0.4) is 0 Å². The van der Waals surface area contributed by atoms with E-state index in [0.717, 1.165) is 58.0 Å². The van der Waals surface area contributed by atoms with Gasteiger partial charge in [-0.2, -0.15) is 0 Å². The fourth-order valence-electron chi connectivity index (χ4n) is 6.53. The highest BCUT2D eigenvalue weighted by atomic mass is 16.5. The fraction of sp³-hybridized carbons (Fsp3) is 0.667. The zero-order chi connectivity index (χ0) is 25.9. The molecule has 1 saturated carbocycles. The molecule has 4 fully saturated rings. The predicted molar refractivity (Wildman–Crippen MR) is 137 cm³/mol. The van der Waals surface area contributed by atoms with Gasteiger partial charge in [-0.05, 0) is 80.9 Å². The third kappa shape index (κ3) is 5.37. The molecule has 2 amide bonds. The fourth-order valence-corrected chi connectivity index (χ4v) is 6.53. The van der Waals surface area contributed by atoms with Crippen molar-refractivity contribution in [2.75, 3.05) is 33.3 Å². The van der Waals surface area contributed by atoms with Crippen LogP contribution in [-0.2, 0) is 14.3 Å². The zero-order valence-electron chi connectivity index (χ0n) is 21.4. The first-order chi connectivity index (χ1) is 18.0. The summed E-state index contributed by atoms with van der Waals surface area (Å²) in [5.41, 5.74) is 10.7. The van der Waals surface area contributed by atoms with Gasteiger partial charge >= 0.3 is 0 Å². The standard InChI is InChI=1S/C27H36N6O4/c1-32-13-11-18(12-14-32)17-7-9-20(10-8-17)26(35)29-23(19-5-3-2-4-6-19)27(36)33-15-21(30-31-28)25-24(33)22(34)16-37-25/h7-10,18-19,21,23-25H,2-6,11-16H2,1H3,(H,29,35)/t21-,23+,24-,25-/m1/s1. The molecule has 37 heavy (non-hydrogen) atoms. The lowest BCUT2D eigenvalue weighted by atomic mass is 9.83. The number of piperidine rings is 1. The van der Waals surface area contributed by atoms with Crippen molar-refractivity contribution < 1.29 is 19.1 Å². The number of ether oxygens (including phenoxy) is 1. The molecule has 3 heterocycles. The van der Waals surface area contributed by atoms with Gasteiger partial charge in [-0.25, -0.2) is 0 Å². The molecule has 4 aliphatic rings. The van der Waals surface area contributed by atoms with Crippen molar-refractivity contribution in [3.05, 3.63) is 45.8 Å². The molecule has 0 radical (unpaired) electrons. The van der Waals surface area contributed by atoms with Gasteiger partial charge < -0.3 is 19.9 Å². The third-order valence-electron chi connectivity index (χ3n) is 8.68. The molecular formula is C27H36N6O4. The molecule has 0 aromatic heterocycles. The molecule has 1 N–H and O–H groups in total. The molecule has 10 nitrogen and oxygen atoms in total. The highest BCUT2D eigenvalue weighted by Crippen LogP contribution is 2.33. The van der Waals surface area contributed by atoms with Gasteiger partial charge in [0.2, 0.25) is 5.91 Å². The number of hydrogen-bond donors (Lipinski definition) is 1. The first-order valence-corrected chi connectivity index (χ1v) is 13.5. The number of carbonyl (C=O) groups is 3. The van der Waals surface area contributed by atoms with Crippen molar-refractivity contribution in [3.63, 3.8) is 0 Å². The molecule has 1 aliphatic carbocycles. The normalized spacial score (nSPS) is 28.0. The summed E-state index contributed by atoms with van der Waals surface area (Å²) in [6.45, 7) is 2.17. The van der Waals surface area contributed by atoms with Crippen molar-refractivity contribution >= 4 is 17.6 Å². The second-order valence-corrected chi connectivity index (χ2v) is 11.0. The number of nitrogens with one attached hydrogen (secondary N) is 1. The minimum atomic E-state index is -0.764. The Morgan fingerprint density at radius 2 is 1.81 bits per heavy atom. The molecule has 3 aliphatic heterocycles. The molecule has 5 rings (SSSR count). The quantitative estimate of drug-likeness (QED) is 0.359. The lowest BCUT2D eigenvalue weighted by Crippen LogP contribution is -2.55. The van der Waals surface area contributed by atoms with Crippen molar-refractivity contribution in [3.8, 4) is 0 Å². The first-order valence-electron chi connectivity index (χ1n) is 13.5. The van der Waals surface area contributed by atoms with Gasteiger partial charge in [0.15, 0.2) is 5.78 Å². The predicted octanol–water partition coefficient (Wildman–Crippen LogP) is 3.03. The Morgan fingerprint density at radius 3 is 2.49 bits per heavy atom. The van der Waals surface area contributed by atoms with Crippen molar-refractivity contribution in [2.45, 2.75) is 75.1 Å². The van der Waals surface area contributed by atoms with E-state index in [1.165, 1.54) is 10.5 Å². The Bertz CT molecular complexity index is 1060. The summed E-state index contributed by atoms with van der Waals surface area (Å²) in [6, 6.07) is 5.66. The smallest absolute Gasteiger partial charge is 0.251 e. The third-order valence-corrected chi connectivity index (χ3v) is 8.68. The van der Waals surface area contributed by atoms with E-state index in [2.05, 4.69) is 27.3 Å². The maximum absolute atomic E-state index is 13.9. The van der Waals surface area contributed by atoms with Crippen molar-refractivity contribution in [1.29, 1.82) is 0 Å². The summed E-state index contributed by atoms with van der Waals surface area (Å²) in [6.07, 6.45) is 6.41. The van der Waals surface area contributed by atoms with Crippen LogP contribution in [0.1, 0.15) is 66.8 Å². The molecular weight excluding hydrogens is 472 g/mol. The van der Waals surface area contributed by atoms with Gasteiger partial charge in [0.1, 0.15) is 18.7 Å². The van der Waals surface area contributed by atoms with Gasteiger partial charge in [0.25, 0.3) is 5.91 Å². The molecule has 4 atom stereocenters. The number of rotatable bonds is 6. The van der Waals surface area contributed by atoms with E-state index in [1.807, 2.05) is 24.3 Å². The van der Waals surface area contributed by atoms with Crippen LogP contribution >= 0.6 is 0 Å². The van der Waals surface area contributed by atoms with Crippen LogP contribution < -0.4 is 5.32 Å². The first kappa shape index (κ1) is 25.7. The van der Waals surface area contributed by atoms with E-state index >= 15 is 0 Å². The van der Waals surface area contributed by atoms with Gasteiger partial charge in [-0.15, -0.1) is 0 Å². The number of azide groups is 1. The Balaban J connectivity index is 1.33. The Morgan fingerprint density at radius 1 is 1.11 bits per heavy atom. The van der Waals surface area contributed by atoms with E-state index in [1.54, 1.807) is 0 Å². The van der Waals surface area contributed by atoms with E-state index < -0.39 is 24.2 Å². The summed E-state index contributed by atoms with van der Waals surface area (Å²) in [7, 11) is 2.14. The number of nitrogens with zero attached hydrogens (tertiary/aromatic N) is 5. The Hall–Kier alpha value is -2.94. The zero-order valence-corrected chi connectivity index (χ0v) is 21.4. The number of likely N-dealkylation sites (tertiary alicyclic amines) is 2. The van der Waals surface area contributed by atoms with Crippen LogP contribution in [0.2, 0.25) is 0 Å². The molecule has 1 aromatic rings. The number of carbonyl (C=O) groups excluding carboxylic acids is 3. The highest BCUT2D eigenvalue weighted by Gasteiger charge is 2.53. The second kappa shape index (κ2) is 11.2. The molecule has 3 saturated heterocycles. The summed E-state index contributed by atoms with van der Waals surface area (Å²) in [5.74, 6) is -0.253. The van der Waals surface area contributed by atoms with Crippen LogP contribution in [0.5, 0.6) is 0 Å². The highest BCUT2D eigenvalue weighted by molar-refractivity contribution is 5.99. The van der Waals surface area contributed by atoms with Crippen LogP contribution in [-0.4, -0.2) is 84.9 Å². The maximum Gasteiger partial charge on any atom is 0.251 e. The number of benzene rings is 1. The molecule has 10 heteroatoms. The van der Waals surface area contributed by atoms with Gasteiger partial charge in [-0.1, -0.05) is 36.5 Å². The average Bonchev–Trinajstić information content (AvgIpc) is 3.49. The molecule has 0 bridgehead atoms. The average molecular weight is 509 g/mol. The van der Waals surface area contributed by atoms with Gasteiger partial charge in [-0.3, -0.25) is 14.4 Å². The summed E-state index contributed by atoms with van der Waals surface area (Å²) >= 11 is 0. The number of fused-ring (bicyclic) bond motifs is 1. The molecule has 198 valence electrons. The molecule has 0 spiro atoms. The van der Waals surface area contributed by atoms with E-state index in [4.69, 9.17) is 10.3 Å². The van der Waals surface area contributed by atoms with E-state index in [9.17, 15) is 14.4 Å². The van der Waals surface area contributed by atoms with Crippen LogP contribution in [0.15, 0.2) is 29.4 Å². The maximum atomic E-state index is 13.9. The Kier molecular flexibility index (Phi) is 7.79. The topological polar surface area (TPSA) is 128 Å². The largest absolute Gasteiger partial charge is 0.367 e. The summed E-state index contributed by atoms with van der Waals surface area (Å²) in [5, 5.41) is 6.82. The van der Waals surface area contributed by atoms with Crippen LogP contribution in [0, 0.1) is 5.92 Å². The van der Waals surface area contributed by atoms with E-state index in [-0.39, 0.29) is 36.7 Å². The SMILES string of the molecule is CN1CCC(c2ccc(C(=O)N[C@H](C(=O)N3C[C@@H](N=[N+]=[N-])[C@H]4OCC(=O)[C@H]43)C3CCCCC3)cc2)CC1. The summed E-state index contributed by atoms with van der Waals surface area (Å²) < 4.78 is 5.58. The minimum absolute atomic E-state index is 0.00177. The van der Waals surface area contributed by atoms with Crippen molar-refractivity contribution in [1.82, 2.24) is 15.1 Å². The van der Waals surface area contributed by atoms with E-state index in [0.29, 0.717) is 11.5 Å². The summed E-state index contributed by atoms with van der Waals surface area (Å²) in [4.78, 5) is 46.6. The van der Waals surface area contributed by atoms with Gasteiger partial charge in [0.05, 0.1) is 12.1 Å². The Labute approximate surface area is 217 Å². The number of ketones is 1. The monoisotopic (exact) mass is 508 g/mol. The molecule has 0 unspecified atom stereocenters. The van der Waals surface area contributed by atoms with Crippen molar-refractivity contribution in [2.24, 2.45) is 11.0 Å². The molecule has 1 aromatic carbocycles. The lowest BCUT2D eigenvalue weighted by Gasteiger charge is -2.34. The van der Waals surface area contributed by atoms with Crippen LogP contribution in [0.25, 0.3) is 10.4 Å². The number of Topliss-reactive ketones (excluding diaryl/α,β-unsaturated/α-hetero) is 1. The lowest BCUT2D eigenvalue weighted by molar-refractivity contribution is -0.139. The minimum Gasteiger partial charge on any atom is -0.367 e. The number of hydrogen-bond acceptors (Lipinski definition) is 6. The number of amides is 2.